The van der Waals surface area contributed by atoms with E-state index < -0.39 is 0 Å². The highest BCUT2D eigenvalue weighted by molar-refractivity contribution is 5.55. The normalized spacial score (nSPS) is 10.6. The van der Waals surface area contributed by atoms with E-state index in [0.717, 1.165) is 41.4 Å². The maximum Gasteiger partial charge on any atom is 0.144 e. The summed E-state index contributed by atoms with van der Waals surface area (Å²) in [4.78, 5) is 0. The van der Waals surface area contributed by atoms with Gasteiger partial charge in [0.05, 0.1) is 24.2 Å². The maximum absolute atomic E-state index is 6.13. The topological polar surface area (TPSA) is 53.1 Å². The van der Waals surface area contributed by atoms with E-state index in [1.54, 1.807) is 7.11 Å². The molecule has 0 spiro atoms. The second-order valence-corrected chi connectivity index (χ2v) is 4.10. The molecule has 2 aromatic rings. The number of anilines is 1. The number of nitrogen functional groups attached to an aromatic ring is 1. The molecule has 2 rings (SSSR count). The van der Waals surface area contributed by atoms with Crippen LogP contribution in [0.2, 0.25) is 0 Å². The van der Waals surface area contributed by atoms with Gasteiger partial charge >= 0.3 is 0 Å². The van der Waals surface area contributed by atoms with Gasteiger partial charge in [0, 0.05) is 0 Å². The Hall–Kier alpha value is -1.97. The van der Waals surface area contributed by atoms with Gasteiger partial charge < -0.3 is 10.5 Å². The lowest BCUT2D eigenvalue weighted by Crippen LogP contribution is -2.04. The van der Waals surface area contributed by atoms with Crippen LogP contribution in [-0.4, -0.2) is 16.9 Å². The SMILES string of the molecule is CCc1nn(-c2ccccc2OC)c(CC)c1N. The Morgan fingerprint density at radius 1 is 1.22 bits per heavy atom. The second kappa shape index (κ2) is 5.12. The zero-order valence-corrected chi connectivity index (χ0v) is 11.1. The van der Waals surface area contributed by atoms with Crippen molar-refractivity contribution >= 4 is 5.69 Å². The highest BCUT2D eigenvalue weighted by atomic mass is 16.5. The molecule has 1 aromatic carbocycles. The number of nitrogens with two attached hydrogens (primary N) is 1. The molecule has 0 saturated carbocycles. The van der Waals surface area contributed by atoms with Crippen LogP contribution in [0, 0.1) is 0 Å². The lowest BCUT2D eigenvalue weighted by Gasteiger charge is -2.10. The third kappa shape index (κ3) is 1.94. The largest absolute Gasteiger partial charge is 0.494 e. The van der Waals surface area contributed by atoms with Gasteiger partial charge in [-0.1, -0.05) is 26.0 Å². The van der Waals surface area contributed by atoms with Crippen molar-refractivity contribution < 1.29 is 4.74 Å². The van der Waals surface area contributed by atoms with E-state index in [4.69, 9.17) is 10.5 Å². The first-order chi connectivity index (χ1) is 8.72. The number of aromatic nitrogens is 2. The van der Waals surface area contributed by atoms with Crippen molar-refractivity contribution in [3.8, 4) is 11.4 Å². The number of para-hydroxylation sites is 2. The maximum atomic E-state index is 6.13. The summed E-state index contributed by atoms with van der Waals surface area (Å²) in [6.45, 7) is 4.14. The van der Waals surface area contributed by atoms with Crippen molar-refractivity contribution in [3.05, 3.63) is 35.7 Å². The number of ether oxygens (including phenoxy) is 1. The Balaban J connectivity index is 2.63. The molecule has 18 heavy (non-hydrogen) atoms. The van der Waals surface area contributed by atoms with Crippen molar-refractivity contribution in [2.24, 2.45) is 0 Å². The molecular weight excluding hydrogens is 226 g/mol. The van der Waals surface area contributed by atoms with Gasteiger partial charge in [-0.15, -0.1) is 0 Å². The smallest absolute Gasteiger partial charge is 0.144 e. The van der Waals surface area contributed by atoms with Gasteiger partial charge in [-0.3, -0.25) is 0 Å². The summed E-state index contributed by atoms with van der Waals surface area (Å²) in [6, 6.07) is 7.84. The molecule has 1 aromatic heterocycles. The molecular formula is C14H19N3O. The predicted octanol–water partition coefficient (Wildman–Crippen LogP) is 2.59. The number of nitrogens with zero attached hydrogens (tertiary/aromatic N) is 2. The van der Waals surface area contributed by atoms with E-state index in [1.807, 2.05) is 28.9 Å². The minimum Gasteiger partial charge on any atom is -0.494 e. The van der Waals surface area contributed by atoms with Crippen LogP contribution in [0.25, 0.3) is 5.69 Å². The minimum atomic E-state index is 0.797. The molecule has 0 saturated heterocycles. The molecule has 0 atom stereocenters. The molecule has 0 aliphatic rings. The number of methoxy groups -OCH3 is 1. The summed E-state index contributed by atoms with van der Waals surface area (Å²) in [5, 5.41) is 4.59. The summed E-state index contributed by atoms with van der Waals surface area (Å²) in [6.07, 6.45) is 1.68. The first-order valence-corrected chi connectivity index (χ1v) is 6.22. The highest BCUT2D eigenvalue weighted by Gasteiger charge is 2.16. The van der Waals surface area contributed by atoms with Crippen molar-refractivity contribution in [1.82, 2.24) is 9.78 Å². The minimum absolute atomic E-state index is 0.797. The molecule has 2 N–H and O–H groups in total. The average Bonchev–Trinajstić information content (AvgIpc) is 2.74. The first kappa shape index (κ1) is 12.5. The molecule has 0 unspecified atom stereocenters. The van der Waals surface area contributed by atoms with Crippen LogP contribution in [0.5, 0.6) is 5.75 Å². The Morgan fingerprint density at radius 2 is 1.94 bits per heavy atom. The summed E-state index contributed by atoms with van der Waals surface area (Å²) in [5.41, 5.74) is 9.84. The van der Waals surface area contributed by atoms with Crippen molar-refractivity contribution in [2.75, 3.05) is 12.8 Å². The Kier molecular flexibility index (Phi) is 3.55. The zero-order valence-electron chi connectivity index (χ0n) is 11.1. The summed E-state index contributed by atoms with van der Waals surface area (Å²) in [5.74, 6) is 0.803. The molecule has 0 amide bonds. The number of benzene rings is 1. The van der Waals surface area contributed by atoms with Gasteiger partial charge in [0.25, 0.3) is 0 Å². The Morgan fingerprint density at radius 3 is 2.56 bits per heavy atom. The standard InChI is InChI=1S/C14H19N3O/c1-4-10-14(15)11(5-2)17(16-10)12-8-6-7-9-13(12)18-3/h6-9H,4-5,15H2,1-3H3. The van der Waals surface area contributed by atoms with Crippen molar-refractivity contribution in [3.63, 3.8) is 0 Å². The van der Waals surface area contributed by atoms with Crippen LogP contribution >= 0.6 is 0 Å². The third-order valence-electron chi connectivity index (χ3n) is 3.08. The number of aryl methyl sites for hydroxylation is 1. The summed E-state index contributed by atoms with van der Waals surface area (Å²) >= 11 is 0. The Labute approximate surface area is 107 Å². The second-order valence-electron chi connectivity index (χ2n) is 4.10. The zero-order chi connectivity index (χ0) is 13.1. The number of hydrogen-bond donors (Lipinski definition) is 1. The van der Waals surface area contributed by atoms with E-state index in [1.165, 1.54) is 0 Å². The summed E-state index contributed by atoms with van der Waals surface area (Å²) in [7, 11) is 1.66. The lowest BCUT2D eigenvalue weighted by molar-refractivity contribution is 0.411. The molecule has 0 aliphatic carbocycles. The molecule has 0 bridgehead atoms. The van der Waals surface area contributed by atoms with Crippen molar-refractivity contribution in [2.45, 2.75) is 26.7 Å². The van der Waals surface area contributed by atoms with Gasteiger partial charge in [-0.05, 0) is 25.0 Å². The van der Waals surface area contributed by atoms with Crippen LogP contribution in [0.3, 0.4) is 0 Å². The fourth-order valence-electron chi connectivity index (χ4n) is 2.12. The molecule has 4 heteroatoms. The van der Waals surface area contributed by atoms with Gasteiger partial charge in [-0.25, -0.2) is 4.68 Å². The highest BCUT2D eigenvalue weighted by Crippen LogP contribution is 2.27. The third-order valence-corrected chi connectivity index (χ3v) is 3.08. The van der Waals surface area contributed by atoms with Crippen LogP contribution < -0.4 is 10.5 Å². The van der Waals surface area contributed by atoms with E-state index in [0.29, 0.717) is 0 Å². The molecule has 0 radical (unpaired) electrons. The van der Waals surface area contributed by atoms with Gasteiger partial charge in [-0.2, -0.15) is 5.10 Å². The van der Waals surface area contributed by atoms with Crippen LogP contribution in [0.4, 0.5) is 5.69 Å². The van der Waals surface area contributed by atoms with Gasteiger partial charge in [0.15, 0.2) is 0 Å². The molecule has 0 aliphatic heterocycles. The van der Waals surface area contributed by atoms with Crippen molar-refractivity contribution in [1.29, 1.82) is 0 Å². The molecule has 1 heterocycles. The van der Waals surface area contributed by atoms with Crippen LogP contribution in [0.15, 0.2) is 24.3 Å². The molecule has 0 fully saturated rings. The van der Waals surface area contributed by atoms with E-state index in [2.05, 4.69) is 18.9 Å². The Bertz CT molecular complexity index is 546. The van der Waals surface area contributed by atoms with E-state index in [-0.39, 0.29) is 0 Å². The lowest BCUT2D eigenvalue weighted by atomic mass is 10.2. The monoisotopic (exact) mass is 245 g/mol. The van der Waals surface area contributed by atoms with Gasteiger partial charge in [0.2, 0.25) is 0 Å². The summed E-state index contributed by atoms with van der Waals surface area (Å²) < 4.78 is 7.28. The average molecular weight is 245 g/mol. The van der Waals surface area contributed by atoms with Crippen LogP contribution in [0.1, 0.15) is 25.2 Å². The molecule has 4 nitrogen and oxygen atoms in total. The van der Waals surface area contributed by atoms with Gasteiger partial charge in [0.1, 0.15) is 11.4 Å². The predicted molar refractivity (Wildman–Crippen MR) is 73.3 cm³/mol. The quantitative estimate of drug-likeness (QED) is 0.900. The fraction of sp³-hybridized carbons (Fsp3) is 0.357. The first-order valence-electron chi connectivity index (χ1n) is 6.22. The fourth-order valence-corrected chi connectivity index (χ4v) is 2.12. The van der Waals surface area contributed by atoms with Crippen LogP contribution in [-0.2, 0) is 12.8 Å². The molecule has 96 valence electrons. The number of rotatable bonds is 4. The van der Waals surface area contributed by atoms with E-state index >= 15 is 0 Å². The van der Waals surface area contributed by atoms with E-state index in [9.17, 15) is 0 Å². The number of hydrogen-bond acceptors (Lipinski definition) is 3.